The minimum Gasteiger partial charge on any atom is -0.395 e. The molecule has 0 aliphatic heterocycles. The molecule has 0 saturated carbocycles. The van der Waals surface area contributed by atoms with Gasteiger partial charge in [0.1, 0.15) is 0 Å². The van der Waals surface area contributed by atoms with Gasteiger partial charge in [0.15, 0.2) is 17.5 Å². The minimum atomic E-state index is -1.62. The van der Waals surface area contributed by atoms with Crippen LogP contribution >= 0.6 is 0 Å². The van der Waals surface area contributed by atoms with Crippen LogP contribution in [-0.2, 0) is 4.79 Å². The molecular weight excluding hydrogens is 285 g/mol. The van der Waals surface area contributed by atoms with E-state index in [1.807, 2.05) is 6.92 Å². The fraction of sp³-hybridized carbons (Fsp3) is 0.500. The van der Waals surface area contributed by atoms with Crippen molar-refractivity contribution in [1.82, 2.24) is 4.90 Å². The monoisotopic (exact) mass is 304 g/mol. The van der Waals surface area contributed by atoms with Crippen molar-refractivity contribution in [3.05, 3.63) is 29.6 Å². The van der Waals surface area contributed by atoms with E-state index in [-0.39, 0.29) is 13.2 Å². The molecule has 0 aliphatic carbocycles. The highest BCUT2D eigenvalue weighted by Gasteiger charge is 2.16. The maximum Gasteiger partial charge on any atom is 0.238 e. The lowest BCUT2D eigenvalue weighted by molar-refractivity contribution is -0.117. The highest BCUT2D eigenvalue weighted by Crippen LogP contribution is 2.19. The van der Waals surface area contributed by atoms with Crippen molar-refractivity contribution in [2.24, 2.45) is 0 Å². The van der Waals surface area contributed by atoms with Gasteiger partial charge in [0, 0.05) is 6.54 Å². The summed E-state index contributed by atoms with van der Waals surface area (Å²) in [4.78, 5) is 13.5. The number of benzene rings is 1. The number of anilines is 1. The summed E-state index contributed by atoms with van der Waals surface area (Å²) in [7, 11) is 0. The van der Waals surface area contributed by atoms with Crippen LogP contribution < -0.4 is 5.32 Å². The summed E-state index contributed by atoms with van der Waals surface area (Å²) in [5, 5.41) is 11.1. The Morgan fingerprint density at radius 1 is 1.24 bits per heavy atom. The van der Waals surface area contributed by atoms with E-state index >= 15 is 0 Å². The van der Waals surface area contributed by atoms with Gasteiger partial charge >= 0.3 is 0 Å². The Bertz CT molecular complexity index is 484. The van der Waals surface area contributed by atoms with Crippen molar-refractivity contribution in [2.45, 2.75) is 19.8 Å². The molecule has 1 rings (SSSR count). The first kappa shape index (κ1) is 17.5. The van der Waals surface area contributed by atoms with E-state index in [4.69, 9.17) is 5.11 Å². The molecule has 0 atom stereocenters. The molecule has 1 aromatic carbocycles. The molecule has 118 valence electrons. The Morgan fingerprint density at radius 2 is 1.95 bits per heavy atom. The number of hydrogen-bond donors (Lipinski definition) is 2. The van der Waals surface area contributed by atoms with Crippen LogP contribution in [0.25, 0.3) is 0 Å². The van der Waals surface area contributed by atoms with Crippen LogP contribution in [0.1, 0.15) is 19.8 Å². The van der Waals surface area contributed by atoms with E-state index in [9.17, 15) is 18.0 Å². The smallest absolute Gasteiger partial charge is 0.238 e. The predicted molar refractivity (Wildman–Crippen MR) is 73.4 cm³/mol. The molecule has 0 aliphatic rings. The molecule has 7 heteroatoms. The van der Waals surface area contributed by atoms with Crippen LogP contribution in [0, 0.1) is 17.5 Å². The third-order valence-electron chi connectivity index (χ3n) is 2.92. The van der Waals surface area contributed by atoms with Gasteiger partial charge in [-0.1, -0.05) is 13.3 Å². The molecule has 0 aromatic heterocycles. The molecule has 1 amide bonds. The normalized spacial score (nSPS) is 11.0. The van der Waals surface area contributed by atoms with Gasteiger partial charge in [-0.2, -0.15) is 0 Å². The summed E-state index contributed by atoms with van der Waals surface area (Å²) in [6, 6.07) is 1.71. The zero-order valence-corrected chi connectivity index (χ0v) is 11.8. The highest BCUT2D eigenvalue weighted by molar-refractivity contribution is 5.92. The van der Waals surface area contributed by atoms with Crippen LogP contribution in [0.5, 0.6) is 0 Å². The van der Waals surface area contributed by atoms with Gasteiger partial charge in [0.05, 0.1) is 18.8 Å². The zero-order valence-electron chi connectivity index (χ0n) is 11.8. The first-order valence-electron chi connectivity index (χ1n) is 6.76. The first-order valence-corrected chi connectivity index (χ1v) is 6.76. The second-order valence-electron chi connectivity index (χ2n) is 4.62. The summed E-state index contributed by atoms with van der Waals surface area (Å²) in [6.07, 6.45) is 1.79. The summed E-state index contributed by atoms with van der Waals surface area (Å²) in [6.45, 7) is 2.77. The Hall–Kier alpha value is -1.60. The summed E-state index contributed by atoms with van der Waals surface area (Å²) in [5.41, 5.74) is -0.404. The number of rotatable bonds is 8. The number of hydrogen-bond acceptors (Lipinski definition) is 3. The minimum absolute atomic E-state index is 0.0566. The van der Waals surface area contributed by atoms with E-state index < -0.39 is 29.0 Å². The number of carbonyl (C=O) groups excluding carboxylic acids is 1. The lowest BCUT2D eigenvalue weighted by Gasteiger charge is -2.20. The van der Waals surface area contributed by atoms with Crippen molar-refractivity contribution >= 4 is 11.6 Å². The van der Waals surface area contributed by atoms with Crippen LogP contribution in [-0.4, -0.2) is 42.2 Å². The summed E-state index contributed by atoms with van der Waals surface area (Å²) < 4.78 is 39.3. The molecule has 0 unspecified atom stereocenters. The molecule has 2 N–H and O–H groups in total. The van der Waals surface area contributed by atoms with Crippen molar-refractivity contribution < 1.29 is 23.1 Å². The maximum atomic E-state index is 13.4. The molecule has 4 nitrogen and oxygen atoms in total. The van der Waals surface area contributed by atoms with Gasteiger partial charge in [-0.15, -0.1) is 0 Å². The number of nitrogens with one attached hydrogen (secondary N) is 1. The van der Waals surface area contributed by atoms with Crippen LogP contribution in [0.15, 0.2) is 12.1 Å². The molecular formula is C14H19F3N2O2. The number of nitrogens with zero attached hydrogens (tertiary/aromatic N) is 1. The lowest BCUT2D eigenvalue weighted by atomic mass is 10.2. The quantitative estimate of drug-likeness (QED) is 0.724. The van der Waals surface area contributed by atoms with E-state index in [2.05, 4.69) is 5.32 Å². The number of aliphatic hydroxyl groups is 1. The van der Waals surface area contributed by atoms with E-state index in [1.165, 1.54) is 0 Å². The Kier molecular flexibility index (Phi) is 7.18. The third kappa shape index (κ3) is 5.35. The van der Waals surface area contributed by atoms with Gasteiger partial charge in [-0.05, 0) is 25.1 Å². The lowest BCUT2D eigenvalue weighted by Crippen LogP contribution is -2.36. The van der Waals surface area contributed by atoms with Crippen LogP contribution in [0.3, 0.4) is 0 Å². The predicted octanol–water partition coefficient (Wildman–Crippen LogP) is 2.14. The van der Waals surface area contributed by atoms with Crippen molar-refractivity contribution in [2.75, 3.05) is 31.6 Å². The molecule has 21 heavy (non-hydrogen) atoms. The largest absolute Gasteiger partial charge is 0.395 e. The SMILES string of the molecule is CCCCN(CCO)CC(=O)Nc1ccc(F)c(F)c1F. The Balaban J connectivity index is 2.65. The number of aliphatic hydroxyl groups excluding tert-OH is 1. The van der Waals surface area contributed by atoms with E-state index in [0.29, 0.717) is 13.1 Å². The fourth-order valence-electron chi connectivity index (χ4n) is 1.81. The van der Waals surface area contributed by atoms with Gasteiger partial charge in [0.2, 0.25) is 5.91 Å². The Labute approximate surface area is 121 Å². The molecule has 0 spiro atoms. The molecule has 0 heterocycles. The van der Waals surface area contributed by atoms with Crippen molar-refractivity contribution in [3.8, 4) is 0 Å². The zero-order chi connectivity index (χ0) is 15.8. The highest BCUT2D eigenvalue weighted by atomic mass is 19.2. The second kappa shape index (κ2) is 8.63. The van der Waals surface area contributed by atoms with Crippen molar-refractivity contribution in [3.63, 3.8) is 0 Å². The number of carbonyl (C=O) groups is 1. The molecule has 0 radical (unpaired) electrons. The average Bonchev–Trinajstić information content (AvgIpc) is 2.45. The number of halogens is 3. The van der Waals surface area contributed by atoms with Crippen molar-refractivity contribution in [1.29, 1.82) is 0 Å². The molecule has 0 saturated heterocycles. The van der Waals surface area contributed by atoms with E-state index in [1.54, 1.807) is 4.90 Å². The summed E-state index contributed by atoms with van der Waals surface area (Å²) in [5.74, 6) is -4.91. The fourth-order valence-corrected chi connectivity index (χ4v) is 1.81. The third-order valence-corrected chi connectivity index (χ3v) is 2.92. The molecule has 1 aromatic rings. The van der Waals surface area contributed by atoms with Crippen LogP contribution in [0.2, 0.25) is 0 Å². The molecule has 0 bridgehead atoms. The van der Waals surface area contributed by atoms with Gasteiger partial charge in [-0.25, -0.2) is 13.2 Å². The standard InChI is InChI=1S/C14H19F3N2O2/c1-2-3-6-19(7-8-20)9-12(21)18-11-5-4-10(15)13(16)14(11)17/h4-5,20H,2-3,6-9H2,1H3,(H,18,21). The van der Waals surface area contributed by atoms with E-state index in [0.717, 1.165) is 25.0 Å². The van der Waals surface area contributed by atoms with Gasteiger partial charge in [0.25, 0.3) is 0 Å². The summed E-state index contributed by atoms with van der Waals surface area (Å²) >= 11 is 0. The average molecular weight is 304 g/mol. The van der Waals surface area contributed by atoms with Gasteiger partial charge < -0.3 is 10.4 Å². The second-order valence-corrected chi connectivity index (χ2v) is 4.62. The topological polar surface area (TPSA) is 52.6 Å². The Morgan fingerprint density at radius 3 is 2.57 bits per heavy atom. The maximum absolute atomic E-state index is 13.4. The first-order chi connectivity index (χ1) is 9.99. The number of amides is 1. The van der Waals surface area contributed by atoms with Crippen LogP contribution in [0.4, 0.5) is 18.9 Å². The number of unbranched alkanes of at least 4 members (excludes halogenated alkanes) is 1. The molecule has 0 fully saturated rings. The van der Waals surface area contributed by atoms with Gasteiger partial charge in [-0.3, -0.25) is 9.69 Å².